The lowest BCUT2D eigenvalue weighted by atomic mass is 10.1. The Kier molecular flexibility index (Phi) is 6.25. The summed E-state index contributed by atoms with van der Waals surface area (Å²) >= 11 is 0. The first-order chi connectivity index (χ1) is 10.3. The number of benzene rings is 2. The molecule has 2 N–H and O–H groups in total. The van der Waals surface area contributed by atoms with E-state index in [0.717, 1.165) is 29.8 Å². The van der Waals surface area contributed by atoms with Gasteiger partial charge in [0, 0.05) is 11.6 Å². The quantitative estimate of drug-likeness (QED) is 0.783. The van der Waals surface area contributed by atoms with Crippen LogP contribution in [0.25, 0.3) is 11.1 Å². The van der Waals surface area contributed by atoms with E-state index in [9.17, 15) is 5.11 Å². The maximum Gasteiger partial charge on any atom is 0.127 e. The molecular formula is C18H23NO2. The summed E-state index contributed by atoms with van der Waals surface area (Å²) in [6, 6.07) is 18.4. The molecule has 0 aliphatic rings. The number of nitrogens with one attached hydrogen (secondary N) is 1. The monoisotopic (exact) mass is 285 g/mol. The molecule has 0 fully saturated rings. The van der Waals surface area contributed by atoms with Gasteiger partial charge in [0.2, 0.25) is 0 Å². The van der Waals surface area contributed by atoms with Gasteiger partial charge in [0.1, 0.15) is 5.75 Å². The van der Waals surface area contributed by atoms with Gasteiger partial charge in [-0.1, -0.05) is 55.5 Å². The molecule has 3 heteroatoms. The van der Waals surface area contributed by atoms with Crippen LogP contribution in [0.4, 0.5) is 0 Å². The minimum Gasteiger partial charge on any atom is -0.493 e. The molecule has 0 saturated carbocycles. The van der Waals surface area contributed by atoms with Crippen molar-refractivity contribution >= 4 is 0 Å². The zero-order valence-electron chi connectivity index (χ0n) is 12.5. The van der Waals surface area contributed by atoms with E-state index < -0.39 is 0 Å². The third kappa shape index (κ3) is 4.59. The second-order valence-corrected chi connectivity index (χ2v) is 4.94. The van der Waals surface area contributed by atoms with Gasteiger partial charge in [0.15, 0.2) is 0 Å². The van der Waals surface area contributed by atoms with E-state index in [1.54, 1.807) is 0 Å². The first kappa shape index (κ1) is 15.5. The van der Waals surface area contributed by atoms with Crippen molar-refractivity contribution in [3.63, 3.8) is 0 Å². The Balaban J connectivity index is 2.01. The van der Waals surface area contributed by atoms with Crippen molar-refractivity contribution < 1.29 is 9.84 Å². The topological polar surface area (TPSA) is 41.5 Å². The van der Waals surface area contributed by atoms with E-state index in [1.165, 1.54) is 0 Å². The molecular weight excluding hydrogens is 262 g/mol. The molecule has 0 aliphatic carbocycles. The number of hydrogen-bond donors (Lipinski definition) is 2. The van der Waals surface area contributed by atoms with Crippen molar-refractivity contribution in [1.82, 2.24) is 5.32 Å². The summed E-state index contributed by atoms with van der Waals surface area (Å²) in [6.45, 7) is 3.61. The van der Waals surface area contributed by atoms with Gasteiger partial charge in [-0.2, -0.15) is 0 Å². The molecule has 0 heterocycles. The van der Waals surface area contributed by atoms with Crippen LogP contribution in [-0.2, 0) is 0 Å². The molecule has 112 valence electrons. The molecule has 2 aromatic rings. The van der Waals surface area contributed by atoms with Gasteiger partial charge in [-0.05, 0) is 24.6 Å². The summed E-state index contributed by atoms with van der Waals surface area (Å²) in [5.41, 5.74) is 2.25. The molecule has 1 atom stereocenters. The van der Waals surface area contributed by atoms with Gasteiger partial charge < -0.3 is 15.2 Å². The molecule has 1 unspecified atom stereocenters. The van der Waals surface area contributed by atoms with Crippen LogP contribution in [0.2, 0.25) is 0 Å². The number of aliphatic hydroxyl groups excluding tert-OH is 1. The maximum absolute atomic E-state index is 9.27. The van der Waals surface area contributed by atoms with Crippen LogP contribution < -0.4 is 10.1 Å². The summed E-state index contributed by atoms with van der Waals surface area (Å²) in [5, 5.41) is 12.5. The Labute approximate surface area is 126 Å². The predicted octanol–water partition coefficient (Wildman–Crippen LogP) is 3.09. The number of likely N-dealkylation sites (N-methyl/N-ethyl adjacent to an activating group) is 1. The SMILES string of the molecule is CCNC(CO)CCOc1ccccc1-c1ccccc1. The van der Waals surface area contributed by atoms with Gasteiger partial charge in [-0.15, -0.1) is 0 Å². The van der Waals surface area contributed by atoms with E-state index in [0.29, 0.717) is 6.61 Å². The van der Waals surface area contributed by atoms with Crippen LogP contribution in [0.15, 0.2) is 54.6 Å². The lowest BCUT2D eigenvalue weighted by Crippen LogP contribution is -2.33. The Morgan fingerprint density at radius 3 is 2.48 bits per heavy atom. The Morgan fingerprint density at radius 2 is 1.76 bits per heavy atom. The first-order valence-corrected chi connectivity index (χ1v) is 7.46. The molecule has 0 bridgehead atoms. The Hall–Kier alpha value is -1.84. The minimum absolute atomic E-state index is 0.0962. The number of para-hydroxylation sites is 1. The number of ether oxygens (including phenoxy) is 1. The lowest BCUT2D eigenvalue weighted by molar-refractivity contribution is 0.210. The molecule has 3 nitrogen and oxygen atoms in total. The summed E-state index contributed by atoms with van der Waals surface area (Å²) in [6.07, 6.45) is 0.785. The van der Waals surface area contributed by atoms with Gasteiger partial charge in [0.25, 0.3) is 0 Å². The Bertz CT molecular complexity index is 528. The highest BCUT2D eigenvalue weighted by molar-refractivity contribution is 5.70. The summed E-state index contributed by atoms with van der Waals surface area (Å²) in [4.78, 5) is 0. The van der Waals surface area contributed by atoms with Crippen molar-refractivity contribution in [3.8, 4) is 16.9 Å². The second kappa shape index (κ2) is 8.45. The molecule has 0 spiro atoms. The molecule has 21 heavy (non-hydrogen) atoms. The number of hydrogen-bond acceptors (Lipinski definition) is 3. The zero-order chi connectivity index (χ0) is 14.9. The third-order valence-electron chi connectivity index (χ3n) is 3.41. The normalized spacial score (nSPS) is 12.1. The van der Waals surface area contributed by atoms with Crippen molar-refractivity contribution in [2.75, 3.05) is 19.8 Å². The first-order valence-electron chi connectivity index (χ1n) is 7.46. The fourth-order valence-corrected chi connectivity index (χ4v) is 2.31. The van der Waals surface area contributed by atoms with E-state index in [4.69, 9.17) is 4.74 Å². The molecule has 2 rings (SSSR count). The van der Waals surface area contributed by atoms with Gasteiger partial charge in [0.05, 0.1) is 13.2 Å². The van der Waals surface area contributed by atoms with Crippen LogP contribution in [0.3, 0.4) is 0 Å². The van der Waals surface area contributed by atoms with Gasteiger partial charge >= 0.3 is 0 Å². The van der Waals surface area contributed by atoms with Crippen molar-refractivity contribution in [2.24, 2.45) is 0 Å². The fourth-order valence-electron chi connectivity index (χ4n) is 2.31. The molecule has 0 amide bonds. The number of rotatable bonds is 8. The van der Waals surface area contributed by atoms with E-state index in [1.807, 2.05) is 43.3 Å². The molecule has 0 aliphatic heterocycles. The largest absolute Gasteiger partial charge is 0.493 e. The Morgan fingerprint density at radius 1 is 1.05 bits per heavy atom. The van der Waals surface area contributed by atoms with Gasteiger partial charge in [-0.25, -0.2) is 0 Å². The van der Waals surface area contributed by atoms with Crippen LogP contribution in [0.5, 0.6) is 5.75 Å². The molecule has 0 aromatic heterocycles. The molecule has 0 saturated heterocycles. The van der Waals surface area contributed by atoms with E-state index in [2.05, 4.69) is 23.5 Å². The lowest BCUT2D eigenvalue weighted by Gasteiger charge is -2.16. The average molecular weight is 285 g/mol. The summed E-state index contributed by atoms with van der Waals surface area (Å²) < 4.78 is 5.92. The fraction of sp³-hybridized carbons (Fsp3) is 0.333. The van der Waals surface area contributed by atoms with Crippen molar-refractivity contribution in [3.05, 3.63) is 54.6 Å². The van der Waals surface area contributed by atoms with Crippen LogP contribution in [-0.4, -0.2) is 30.9 Å². The second-order valence-electron chi connectivity index (χ2n) is 4.94. The molecule has 0 radical (unpaired) electrons. The number of aliphatic hydroxyl groups is 1. The van der Waals surface area contributed by atoms with E-state index >= 15 is 0 Å². The standard InChI is InChI=1S/C18H23NO2/c1-2-19-16(14-20)12-13-21-18-11-7-6-10-17(18)15-8-4-3-5-9-15/h3-11,16,19-20H,2,12-14H2,1H3. The highest BCUT2D eigenvalue weighted by Crippen LogP contribution is 2.29. The van der Waals surface area contributed by atoms with Crippen molar-refractivity contribution in [2.45, 2.75) is 19.4 Å². The van der Waals surface area contributed by atoms with E-state index in [-0.39, 0.29) is 12.6 Å². The average Bonchev–Trinajstić information content (AvgIpc) is 2.55. The van der Waals surface area contributed by atoms with Crippen LogP contribution >= 0.6 is 0 Å². The summed E-state index contributed by atoms with van der Waals surface area (Å²) in [7, 11) is 0. The smallest absolute Gasteiger partial charge is 0.127 e. The zero-order valence-corrected chi connectivity index (χ0v) is 12.5. The predicted molar refractivity (Wildman–Crippen MR) is 86.5 cm³/mol. The minimum atomic E-state index is 0.0962. The third-order valence-corrected chi connectivity index (χ3v) is 3.41. The highest BCUT2D eigenvalue weighted by atomic mass is 16.5. The summed E-state index contributed by atoms with van der Waals surface area (Å²) in [5.74, 6) is 0.886. The maximum atomic E-state index is 9.27. The molecule has 2 aromatic carbocycles. The highest BCUT2D eigenvalue weighted by Gasteiger charge is 2.08. The van der Waals surface area contributed by atoms with Crippen LogP contribution in [0, 0.1) is 0 Å². The van der Waals surface area contributed by atoms with Gasteiger partial charge in [-0.3, -0.25) is 0 Å². The van der Waals surface area contributed by atoms with Crippen molar-refractivity contribution in [1.29, 1.82) is 0 Å². The van der Waals surface area contributed by atoms with Crippen LogP contribution in [0.1, 0.15) is 13.3 Å².